The summed E-state index contributed by atoms with van der Waals surface area (Å²) in [6.45, 7) is 2.08. The van der Waals surface area contributed by atoms with E-state index < -0.39 is 16.4 Å². The average molecular weight is 450 g/mol. The zero-order chi connectivity index (χ0) is 24.0. The first-order valence-electron chi connectivity index (χ1n) is 9.84. The van der Waals surface area contributed by atoms with E-state index >= 15 is 0 Å². The lowest BCUT2D eigenvalue weighted by Crippen LogP contribution is -2.29. The second kappa shape index (κ2) is 10.2. The van der Waals surface area contributed by atoms with Crippen molar-refractivity contribution in [3.05, 3.63) is 97.4 Å². The summed E-state index contributed by atoms with van der Waals surface area (Å²) in [7, 11) is 2.89. The van der Waals surface area contributed by atoms with Crippen molar-refractivity contribution in [1.29, 1.82) is 0 Å². The number of rotatable bonds is 8. The molecule has 0 atom stereocenters. The van der Waals surface area contributed by atoms with Gasteiger partial charge in [0.25, 0.3) is 11.5 Å². The highest BCUT2D eigenvalue weighted by Gasteiger charge is 2.22. The largest absolute Gasteiger partial charge is 0.493 e. The Balaban J connectivity index is 1.81. The van der Waals surface area contributed by atoms with Gasteiger partial charge < -0.3 is 14.0 Å². The topological polar surface area (TPSA) is 125 Å². The van der Waals surface area contributed by atoms with E-state index in [0.717, 1.165) is 11.1 Å². The van der Waals surface area contributed by atoms with Crippen LogP contribution in [0.1, 0.15) is 27.0 Å². The van der Waals surface area contributed by atoms with Gasteiger partial charge in [-0.05, 0) is 30.7 Å². The van der Waals surface area contributed by atoms with Crippen molar-refractivity contribution in [2.45, 2.75) is 13.5 Å². The predicted molar refractivity (Wildman–Crippen MR) is 122 cm³/mol. The molecule has 170 valence electrons. The number of amides is 1. The summed E-state index contributed by atoms with van der Waals surface area (Å²) < 4.78 is 12.3. The van der Waals surface area contributed by atoms with Gasteiger partial charge in [-0.25, -0.2) is 5.43 Å². The van der Waals surface area contributed by atoms with Crippen molar-refractivity contribution in [1.82, 2.24) is 9.99 Å². The van der Waals surface area contributed by atoms with Gasteiger partial charge in [-0.15, -0.1) is 0 Å². The number of nitrogens with one attached hydrogen (secondary N) is 1. The Kier molecular flexibility index (Phi) is 7.19. The van der Waals surface area contributed by atoms with E-state index in [9.17, 15) is 19.7 Å². The Morgan fingerprint density at radius 1 is 1.24 bits per heavy atom. The molecule has 0 aliphatic carbocycles. The van der Waals surface area contributed by atoms with Crippen LogP contribution in [0, 0.1) is 17.0 Å². The van der Waals surface area contributed by atoms with Crippen molar-refractivity contribution in [2.75, 3.05) is 7.11 Å². The fourth-order valence-corrected chi connectivity index (χ4v) is 2.95. The van der Waals surface area contributed by atoms with Crippen LogP contribution >= 0.6 is 0 Å². The first-order valence-corrected chi connectivity index (χ1v) is 9.84. The minimum atomic E-state index is -0.702. The van der Waals surface area contributed by atoms with Crippen molar-refractivity contribution >= 4 is 17.8 Å². The SMILES string of the molecule is COc1cc(/C=N\NC(=O)c2cccn(C)c2=O)cc([N+](=O)[O-])c1OCc1ccc(C)cc1. The molecule has 0 saturated carbocycles. The molecule has 3 rings (SSSR count). The summed E-state index contributed by atoms with van der Waals surface area (Å²) in [5.41, 5.74) is 3.60. The van der Waals surface area contributed by atoms with E-state index in [1.54, 1.807) is 6.07 Å². The number of hydrogen-bond acceptors (Lipinski definition) is 7. The molecule has 2 aromatic carbocycles. The lowest BCUT2D eigenvalue weighted by atomic mass is 10.1. The number of methoxy groups -OCH3 is 1. The number of nitrogens with zero attached hydrogens (tertiary/aromatic N) is 3. The molecule has 0 bridgehead atoms. The molecule has 0 aliphatic rings. The molecule has 1 heterocycles. The van der Waals surface area contributed by atoms with Crippen molar-refractivity contribution in [3.8, 4) is 11.5 Å². The number of aryl methyl sites for hydroxylation is 2. The third-order valence-electron chi connectivity index (χ3n) is 4.73. The highest BCUT2D eigenvalue weighted by molar-refractivity contribution is 5.94. The number of benzene rings is 2. The third kappa shape index (κ3) is 5.62. The molecular weight excluding hydrogens is 428 g/mol. The maximum atomic E-state index is 12.2. The number of nitro benzene ring substituents is 1. The Morgan fingerprint density at radius 3 is 2.64 bits per heavy atom. The predicted octanol–water partition coefficient (Wildman–Crippen LogP) is 2.95. The summed E-state index contributed by atoms with van der Waals surface area (Å²) in [5.74, 6) is -0.579. The Morgan fingerprint density at radius 2 is 1.97 bits per heavy atom. The Bertz CT molecular complexity index is 1260. The first kappa shape index (κ1) is 23.2. The average Bonchev–Trinajstić information content (AvgIpc) is 2.80. The molecule has 0 aliphatic heterocycles. The fraction of sp³-hybridized carbons (Fsp3) is 0.174. The lowest BCUT2D eigenvalue weighted by molar-refractivity contribution is -0.386. The van der Waals surface area contributed by atoms with E-state index in [1.807, 2.05) is 31.2 Å². The van der Waals surface area contributed by atoms with E-state index in [0.29, 0.717) is 5.56 Å². The molecule has 0 saturated heterocycles. The quantitative estimate of drug-likeness (QED) is 0.320. The lowest BCUT2D eigenvalue weighted by Gasteiger charge is -2.12. The highest BCUT2D eigenvalue weighted by atomic mass is 16.6. The number of hydrogen-bond donors (Lipinski definition) is 1. The van der Waals surface area contributed by atoms with Crippen LogP contribution in [0.5, 0.6) is 11.5 Å². The van der Waals surface area contributed by atoms with Crippen LogP contribution in [-0.4, -0.2) is 28.7 Å². The molecule has 1 aromatic heterocycles. The molecule has 0 spiro atoms. The second-order valence-electron chi connectivity index (χ2n) is 7.14. The normalized spacial score (nSPS) is 10.8. The van der Waals surface area contributed by atoms with E-state index in [1.165, 1.54) is 49.3 Å². The van der Waals surface area contributed by atoms with Crippen molar-refractivity contribution in [3.63, 3.8) is 0 Å². The molecule has 1 N–H and O–H groups in total. The maximum Gasteiger partial charge on any atom is 0.315 e. The van der Waals surface area contributed by atoms with Crippen molar-refractivity contribution < 1.29 is 19.2 Å². The maximum absolute atomic E-state index is 12.2. The van der Waals surface area contributed by atoms with Crippen LogP contribution in [-0.2, 0) is 13.7 Å². The van der Waals surface area contributed by atoms with Gasteiger partial charge >= 0.3 is 5.69 Å². The number of pyridine rings is 1. The summed E-state index contributed by atoms with van der Waals surface area (Å²) in [6.07, 6.45) is 2.74. The van der Waals surface area contributed by atoms with Crippen LogP contribution in [0.25, 0.3) is 0 Å². The zero-order valence-corrected chi connectivity index (χ0v) is 18.3. The minimum absolute atomic E-state index is 0.0166. The smallest absolute Gasteiger partial charge is 0.315 e. The van der Waals surface area contributed by atoms with E-state index in [2.05, 4.69) is 10.5 Å². The highest BCUT2D eigenvalue weighted by Crippen LogP contribution is 2.38. The summed E-state index contributed by atoms with van der Waals surface area (Å²) in [6, 6.07) is 13.3. The Labute approximate surface area is 189 Å². The molecule has 1 amide bonds. The zero-order valence-electron chi connectivity index (χ0n) is 18.3. The van der Waals surface area contributed by atoms with Crippen LogP contribution in [0.15, 0.2) is 64.6 Å². The number of aromatic nitrogens is 1. The molecular formula is C23H22N4O6. The Hall–Kier alpha value is -4.47. The van der Waals surface area contributed by atoms with Gasteiger partial charge in [0, 0.05) is 24.9 Å². The van der Waals surface area contributed by atoms with E-state index in [4.69, 9.17) is 9.47 Å². The van der Waals surface area contributed by atoms with Gasteiger partial charge in [0.1, 0.15) is 12.2 Å². The number of carbonyl (C=O) groups excluding carboxylic acids is 1. The minimum Gasteiger partial charge on any atom is -0.493 e. The second-order valence-corrected chi connectivity index (χ2v) is 7.14. The van der Waals surface area contributed by atoms with Gasteiger partial charge in [-0.2, -0.15) is 5.10 Å². The molecule has 0 unspecified atom stereocenters. The molecule has 33 heavy (non-hydrogen) atoms. The fourth-order valence-electron chi connectivity index (χ4n) is 2.95. The number of ether oxygens (including phenoxy) is 2. The van der Waals surface area contributed by atoms with Crippen LogP contribution in [0.2, 0.25) is 0 Å². The van der Waals surface area contributed by atoms with Crippen LogP contribution < -0.4 is 20.5 Å². The van der Waals surface area contributed by atoms with Gasteiger partial charge in [-0.1, -0.05) is 29.8 Å². The monoisotopic (exact) mass is 450 g/mol. The van der Waals surface area contributed by atoms with Gasteiger partial charge in [0.05, 0.1) is 18.2 Å². The first-order chi connectivity index (χ1) is 15.8. The van der Waals surface area contributed by atoms with Gasteiger partial charge in [0.15, 0.2) is 5.75 Å². The van der Waals surface area contributed by atoms with Crippen LogP contribution in [0.4, 0.5) is 5.69 Å². The number of hydrazone groups is 1. The number of nitro groups is 1. The molecule has 10 heteroatoms. The van der Waals surface area contributed by atoms with Gasteiger partial charge in [0.2, 0.25) is 5.75 Å². The molecule has 0 radical (unpaired) electrons. The summed E-state index contributed by atoms with van der Waals surface area (Å²) in [5, 5.41) is 15.5. The molecule has 0 fully saturated rings. The number of carbonyl (C=O) groups is 1. The van der Waals surface area contributed by atoms with E-state index in [-0.39, 0.29) is 29.4 Å². The van der Waals surface area contributed by atoms with Gasteiger partial charge in [-0.3, -0.25) is 19.7 Å². The molecule has 3 aromatic rings. The standard InChI is InChI=1S/C23H22N4O6/c1-15-6-8-16(9-7-15)14-33-21-19(27(30)31)11-17(12-20(21)32-3)13-24-25-22(28)18-5-4-10-26(2)23(18)29/h4-13H,14H2,1-3H3,(H,25,28)/b24-13-. The molecule has 10 nitrogen and oxygen atoms in total. The van der Waals surface area contributed by atoms with Crippen LogP contribution in [0.3, 0.4) is 0 Å². The van der Waals surface area contributed by atoms with Crippen molar-refractivity contribution in [2.24, 2.45) is 12.1 Å². The summed E-state index contributed by atoms with van der Waals surface area (Å²) in [4.78, 5) is 35.3. The third-order valence-corrected chi connectivity index (χ3v) is 4.73. The summed E-state index contributed by atoms with van der Waals surface area (Å²) >= 11 is 0.